The van der Waals surface area contributed by atoms with Crippen LogP contribution in [-0.2, 0) is 114 Å². The molecule has 0 aromatic rings. The molecule has 0 unspecified atom stereocenters. The maximum Gasteiger partial charge on any atom is 0.303 e. The molecule has 16 bridgehead atoms. The summed E-state index contributed by atoms with van der Waals surface area (Å²) in [6, 6.07) is 0. The molecule has 56 heteroatoms. The summed E-state index contributed by atoms with van der Waals surface area (Å²) in [5.74, 6) is -8.41. The fourth-order valence-corrected chi connectivity index (χ4v) is 25.8. The van der Waals surface area contributed by atoms with E-state index in [-0.39, 0.29) is 195 Å². The second-order valence-electron chi connectivity index (χ2n) is 36.4. The Labute approximate surface area is 865 Å². The van der Waals surface area contributed by atoms with E-state index in [1.165, 1.54) is 0 Å². The summed E-state index contributed by atoms with van der Waals surface area (Å²) in [6.07, 6.45) is -75.6. The van der Waals surface area contributed by atoms with Crippen LogP contribution in [0.3, 0.4) is 0 Å². The van der Waals surface area contributed by atoms with Crippen molar-refractivity contribution in [2.75, 3.05) is 92.0 Å². The van der Waals surface area contributed by atoms with E-state index in [1.807, 2.05) is 0 Å². The van der Waals surface area contributed by atoms with Crippen LogP contribution in [0.1, 0.15) is 154 Å². The van der Waals surface area contributed by atoms with Crippen LogP contribution in [0, 0.1) is 0 Å². The average Bonchev–Trinajstić information content (AvgIpc) is 0.769. The highest BCUT2D eigenvalue weighted by molar-refractivity contribution is 8.00. The maximum atomic E-state index is 12.6. The van der Waals surface area contributed by atoms with E-state index < -0.39 is 293 Å². The molecule has 30 heterocycles. The van der Waals surface area contributed by atoms with E-state index in [4.69, 9.17) is 75.8 Å². The van der Waals surface area contributed by atoms with Crippen molar-refractivity contribution in [2.24, 2.45) is 0 Å². The van der Waals surface area contributed by atoms with Gasteiger partial charge in [-0.3, -0.25) is 38.4 Å². The van der Waals surface area contributed by atoms with Gasteiger partial charge in [-0.05, 0) is 149 Å². The molecule has 30 fully saturated rings. The highest BCUT2D eigenvalue weighted by atomic mass is 32.2. The largest absolute Gasteiger partial charge is 0.481 e. The van der Waals surface area contributed by atoms with Crippen molar-refractivity contribution in [3.63, 3.8) is 0 Å². The van der Waals surface area contributed by atoms with Crippen LogP contribution in [0.4, 0.5) is 0 Å². The van der Waals surface area contributed by atoms with Gasteiger partial charge in [-0.25, -0.2) is 0 Å². The van der Waals surface area contributed by atoms with Gasteiger partial charge >= 0.3 is 47.8 Å². The lowest BCUT2D eigenvalue weighted by molar-refractivity contribution is -0.396. The monoisotopic (exact) mass is 2220 g/mol. The molecule has 0 radical (unpaired) electrons. The lowest BCUT2D eigenvalue weighted by Gasteiger charge is -2.51. The molecule has 30 aliphatic rings. The molecular weight excluding hydrogens is 2080 g/mol. The van der Waals surface area contributed by atoms with Crippen molar-refractivity contribution in [2.45, 2.75) is 400 Å². The van der Waals surface area contributed by atoms with Crippen molar-refractivity contribution in [1.82, 2.24) is 0 Å². The Hall–Kier alpha value is -2.72. The highest BCUT2D eigenvalue weighted by Gasteiger charge is 2.61. The number of carboxylic acids is 8. The zero-order valence-corrected chi connectivity index (χ0v) is 85.7. The molecule has 0 aromatic heterocycles. The van der Waals surface area contributed by atoms with E-state index in [2.05, 4.69) is 0 Å². The zero-order valence-electron chi connectivity index (χ0n) is 79.2. The number of aliphatic hydroxyl groups excluding tert-OH is 16. The van der Waals surface area contributed by atoms with Gasteiger partial charge in [0.25, 0.3) is 0 Å². The maximum absolute atomic E-state index is 12.6. The number of ether oxygens (including phenoxy) is 16. The molecule has 0 saturated carbocycles. The Morgan fingerprint density at radius 2 is 0.243 bits per heavy atom. The Morgan fingerprint density at radius 1 is 0.146 bits per heavy atom. The van der Waals surface area contributed by atoms with Gasteiger partial charge in [-0.1, -0.05) is 0 Å². The quantitative estimate of drug-likeness (QED) is 0.0310. The number of aliphatic hydroxyl groups is 16. The van der Waals surface area contributed by atoms with Gasteiger partial charge < -0.3 is 198 Å². The van der Waals surface area contributed by atoms with Crippen LogP contribution in [0.15, 0.2) is 0 Å². The number of rotatable bonds is 56. The number of hydrogen-bond donors (Lipinski definition) is 24. The lowest BCUT2D eigenvalue weighted by atomic mass is 9.95. The highest BCUT2D eigenvalue weighted by Crippen LogP contribution is 2.44. The molecule has 30 saturated heterocycles. The van der Waals surface area contributed by atoms with Crippen LogP contribution in [0.25, 0.3) is 0 Å². The smallest absolute Gasteiger partial charge is 0.303 e. The third kappa shape index (κ3) is 39.0. The summed E-state index contributed by atoms with van der Waals surface area (Å²) in [7, 11) is 0. The number of carboxylic acid groups (broad SMARTS) is 8. The molecule has 0 amide bonds. The molecule has 144 heavy (non-hydrogen) atoms. The fraction of sp³-hybridized carbons (Fsp3) is 0.909. The first kappa shape index (κ1) is 125. The first-order valence-electron chi connectivity index (χ1n) is 48.5. The number of hydrogen-bond acceptors (Lipinski definition) is 48. The number of thioether (sulfide) groups is 8. The van der Waals surface area contributed by atoms with E-state index in [9.17, 15) is 161 Å². The predicted molar refractivity (Wildman–Crippen MR) is 515 cm³/mol. The van der Waals surface area contributed by atoms with Crippen molar-refractivity contribution in [3.05, 3.63) is 0 Å². The van der Waals surface area contributed by atoms with Gasteiger partial charge in [-0.15, -0.1) is 0 Å². The Morgan fingerprint density at radius 3 is 0.333 bits per heavy atom. The first-order chi connectivity index (χ1) is 68.7. The number of carbonyl (C=O) groups is 8. The van der Waals surface area contributed by atoms with Crippen molar-refractivity contribution in [1.29, 1.82) is 0 Å². The summed E-state index contributed by atoms with van der Waals surface area (Å²) in [4.78, 5) is 92.8. The second kappa shape index (κ2) is 64.6. The molecule has 0 spiro atoms. The van der Waals surface area contributed by atoms with Gasteiger partial charge in [0.2, 0.25) is 0 Å². The lowest BCUT2D eigenvalue weighted by Crippen LogP contribution is -2.69. The van der Waals surface area contributed by atoms with Crippen LogP contribution in [0.2, 0.25) is 0 Å². The Kier molecular flexibility index (Phi) is 55.9. The first-order valence-corrected chi connectivity index (χ1v) is 57.7. The van der Waals surface area contributed by atoms with Crippen molar-refractivity contribution < 1.29 is 237 Å². The average molecular weight is 2230 g/mol. The summed E-state index contributed by atoms with van der Waals surface area (Å²) >= 11 is 9.14. The minimum absolute atomic E-state index is 0.205. The topological polar surface area (TPSA) is 770 Å². The predicted octanol–water partition coefficient (Wildman–Crippen LogP) is -1.44. The van der Waals surface area contributed by atoms with Gasteiger partial charge in [-0.2, -0.15) is 94.1 Å². The third-order valence-electron chi connectivity index (χ3n) is 25.1. The fourth-order valence-electron chi connectivity index (χ4n) is 17.2. The van der Waals surface area contributed by atoms with Crippen molar-refractivity contribution in [3.8, 4) is 0 Å². The molecule has 30 rings (SSSR count). The number of unbranched alkanes of at least 4 members (excludes halogenated alkanes) is 8. The molecule has 40 atom stereocenters. The molecule has 48 nitrogen and oxygen atoms in total. The molecule has 24 N–H and O–H groups in total. The normalized spacial score (nSPS) is 38.2. The van der Waals surface area contributed by atoms with Crippen molar-refractivity contribution >= 4 is 142 Å². The summed E-state index contributed by atoms with van der Waals surface area (Å²) < 4.78 is 104. The summed E-state index contributed by atoms with van der Waals surface area (Å²) in [5, 5.41) is 276. The molecular formula is C88H144O48S8. The van der Waals surface area contributed by atoms with E-state index >= 15 is 0 Å². The zero-order chi connectivity index (χ0) is 105. The van der Waals surface area contributed by atoms with Crippen LogP contribution in [-0.4, -0.2) is 508 Å². The minimum atomic E-state index is -2.24. The molecule has 0 aliphatic carbocycles. The third-order valence-corrected chi connectivity index (χ3v) is 34.3. The molecule has 832 valence electrons. The van der Waals surface area contributed by atoms with Gasteiger partial charge in [0.15, 0.2) is 50.3 Å². The summed E-state index contributed by atoms with van der Waals surface area (Å²) in [5.41, 5.74) is 0. The van der Waals surface area contributed by atoms with Crippen LogP contribution < -0.4 is 0 Å². The van der Waals surface area contributed by atoms with E-state index in [1.54, 1.807) is 0 Å². The summed E-state index contributed by atoms with van der Waals surface area (Å²) in [6.45, 7) is 0. The van der Waals surface area contributed by atoms with E-state index in [0.29, 0.717) is 51.4 Å². The van der Waals surface area contributed by atoms with Gasteiger partial charge in [0.1, 0.15) is 146 Å². The Bertz CT molecular complexity index is 3090. The van der Waals surface area contributed by atoms with Gasteiger partial charge in [0, 0.05) is 97.4 Å². The number of aliphatic carboxylic acids is 8. The van der Waals surface area contributed by atoms with E-state index in [0.717, 1.165) is 94.1 Å². The second-order valence-corrected chi connectivity index (χ2v) is 45.6. The van der Waals surface area contributed by atoms with Gasteiger partial charge in [0.05, 0.1) is 48.8 Å². The van der Waals surface area contributed by atoms with Crippen LogP contribution >= 0.6 is 94.1 Å². The minimum Gasteiger partial charge on any atom is -0.481 e. The standard InChI is InChI=1S/C88H144O48S8/c89-49(90)17-1-9-25-137-33-41-73-57(105)65(113)81(121-41)130-74-42(34-138-26-10-2-18-50(91)92)123-83(67(115)59(74)107)132-76-44(36-140-28-12-4-20-52(95)96)125-85(69(117)61(76)109)134-78-46(38-142-30-14-6-22-54(99)100)127-87(71(119)63(78)111)136-80-48(40-144-32-16-8-24-56(103)104)128-88(72(120)64(80)112)135-79-47(39-143-31-15-7-23-55(101)102)126-86(70(118)62(79)110)133-77-45(37-141-29-13-5-21-53(97)98)124-84(68(116)60(77)108)131-75-43(35-139-27-11-3-19-51(93)94)122-82(129-73)66(114)58(75)106/h41-48,57-88,105-120H,1-40H2,(H,89,90)(H,91,92)(H,93,94)(H,95,96)(H,97,98)(H,99,100)(H,101,102)(H,103,104)/t41-,42-,43-,44-,45-,46-,47-,48-,57-,58-,59-,60-,61-,62-,63-,64-,65-,66-,67-,68-,69-,70-,71-,72-,73-,74-,75-,76-,77-,78-,79-,80-,81-,82-,83-,84-,85-,86-,87-,88-/m1/s1. The van der Waals surface area contributed by atoms with Crippen LogP contribution in [0.5, 0.6) is 0 Å². The molecule has 0 aromatic carbocycles. The Balaban J connectivity index is 1.13. The molecule has 30 aliphatic heterocycles. The SMILES string of the molecule is O=C(O)CCCCSC[C@H]1O[C@@H]2O[C@H]3[C@H](O)[C@@H](O)[C@@H](O[C@H]4[C@H](O)[C@@H](O)[C@@H](O[C@H]5[C@H](O)[C@@H](O)[C@@H](O[C@H]6[C@H](O)[C@@H](O)[C@@H](O[C@H]7[C@H](O)[C@@H](O)[C@@H](O[C@H]8[C@H](O)[C@@H](O)[C@@H](O[C@H]9[C@H](O)[C@@H](O)[C@@H](O[C@H]1[C@H](O)[C@H]2O)O[C@@H]9CSCCCCC(=O)O)O[C@@H]8CSCCCCC(=O)O)O[C@@H]7CSCCCCC(=O)O)O[C@@H]6CSCCCCC(=O)O)O[C@@H]5CSCCCCC(=O)O)O[C@@H]4CSCCCCC(=O)O)O[C@@H]3CSCCCCC(=O)O.